The average molecular weight is 464 g/mol. The van der Waals surface area contributed by atoms with Gasteiger partial charge in [0.1, 0.15) is 10.6 Å². The van der Waals surface area contributed by atoms with Crippen LogP contribution in [0.4, 0.5) is 11.5 Å². The Balaban J connectivity index is 1.44. The third kappa shape index (κ3) is 4.43. The van der Waals surface area contributed by atoms with E-state index in [2.05, 4.69) is 22.2 Å². The van der Waals surface area contributed by atoms with Crippen molar-refractivity contribution in [2.45, 2.75) is 36.2 Å². The maximum atomic E-state index is 12.3. The molecule has 30 heavy (non-hydrogen) atoms. The summed E-state index contributed by atoms with van der Waals surface area (Å²) in [7, 11) is -3.77. The molecule has 1 unspecified atom stereocenters. The van der Waals surface area contributed by atoms with Crippen LogP contribution in [0, 0.1) is 5.92 Å². The van der Waals surface area contributed by atoms with Crippen molar-refractivity contribution in [2.24, 2.45) is 11.1 Å². The zero-order valence-corrected chi connectivity index (χ0v) is 18.7. The Bertz CT molecular complexity index is 1220. The molecule has 1 amide bonds. The Morgan fingerprint density at radius 3 is 2.73 bits per heavy atom. The van der Waals surface area contributed by atoms with Crippen LogP contribution in [-0.2, 0) is 27.7 Å². The average Bonchev–Trinajstić information content (AvgIpc) is 3.04. The number of aromatic nitrogens is 2. The normalized spacial score (nSPS) is 16.4. The van der Waals surface area contributed by atoms with Crippen LogP contribution in [-0.4, -0.2) is 30.0 Å². The first-order chi connectivity index (χ1) is 14.2. The number of fused-ring (bicyclic) bond motifs is 3. The third-order valence-electron chi connectivity index (χ3n) is 4.96. The highest BCUT2D eigenvalue weighted by atomic mass is 32.2. The molecule has 0 radical (unpaired) electrons. The van der Waals surface area contributed by atoms with Crippen molar-refractivity contribution in [3.05, 3.63) is 34.7 Å². The summed E-state index contributed by atoms with van der Waals surface area (Å²) in [6.07, 6.45) is 3.20. The lowest BCUT2D eigenvalue weighted by Crippen LogP contribution is -2.15. The smallest absolute Gasteiger partial charge is 0.238 e. The minimum Gasteiger partial charge on any atom is -0.383 e. The lowest BCUT2D eigenvalue weighted by Gasteiger charge is -2.17. The van der Waals surface area contributed by atoms with Crippen molar-refractivity contribution in [1.29, 1.82) is 0 Å². The predicted molar refractivity (Wildman–Crippen MR) is 120 cm³/mol. The van der Waals surface area contributed by atoms with Crippen molar-refractivity contribution in [2.75, 3.05) is 16.8 Å². The van der Waals surface area contributed by atoms with Crippen LogP contribution in [0.3, 0.4) is 0 Å². The van der Waals surface area contributed by atoms with E-state index in [1.165, 1.54) is 46.5 Å². The molecule has 0 aliphatic heterocycles. The van der Waals surface area contributed by atoms with E-state index in [-0.39, 0.29) is 16.6 Å². The largest absolute Gasteiger partial charge is 0.383 e. The number of thioether (sulfide) groups is 1. The van der Waals surface area contributed by atoms with Crippen molar-refractivity contribution < 1.29 is 13.2 Å². The first kappa shape index (κ1) is 21.0. The lowest BCUT2D eigenvalue weighted by atomic mass is 9.89. The number of carbonyl (C=O) groups is 1. The number of thiophene rings is 1. The summed E-state index contributed by atoms with van der Waals surface area (Å²) < 4.78 is 22.6. The van der Waals surface area contributed by atoms with Crippen LogP contribution < -0.4 is 16.2 Å². The molecule has 0 saturated heterocycles. The topological polar surface area (TPSA) is 141 Å². The van der Waals surface area contributed by atoms with Crippen molar-refractivity contribution in [1.82, 2.24) is 9.97 Å². The highest BCUT2D eigenvalue weighted by molar-refractivity contribution is 7.99. The van der Waals surface area contributed by atoms with Gasteiger partial charge in [-0.2, -0.15) is 0 Å². The van der Waals surface area contributed by atoms with E-state index in [4.69, 9.17) is 10.9 Å². The molecule has 0 saturated carbocycles. The van der Waals surface area contributed by atoms with Crippen molar-refractivity contribution in [3.8, 4) is 0 Å². The Kier molecular flexibility index (Phi) is 5.71. The number of nitrogens with one attached hydrogen (secondary N) is 1. The molecular formula is C19H21N5O3S3. The molecule has 1 aromatic carbocycles. The van der Waals surface area contributed by atoms with Gasteiger partial charge < -0.3 is 11.1 Å². The number of hydrogen-bond donors (Lipinski definition) is 3. The van der Waals surface area contributed by atoms with E-state index in [0.717, 1.165) is 29.5 Å². The number of amides is 1. The van der Waals surface area contributed by atoms with Crippen LogP contribution in [0.1, 0.15) is 23.8 Å². The first-order valence-corrected chi connectivity index (χ1v) is 12.7. The number of sulfonamides is 1. The number of anilines is 2. The van der Waals surface area contributed by atoms with Crippen LogP contribution in [0.5, 0.6) is 0 Å². The number of carbonyl (C=O) groups excluding carboxylic acids is 1. The Morgan fingerprint density at radius 2 is 2.03 bits per heavy atom. The maximum Gasteiger partial charge on any atom is 0.238 e. The van der Waals surface area contributed by atoms with E-state index < -0.39 is 10.0 Å². The van der Waals surface area contributed by atoms with Gasteiger partial charge in [0.25, 0.3) is 0 Å². The van der Waals surface area contributed by atoms with Gasteiger partial charge in [-0.3, -0.25) is 4.79 Å². The van der Waals surface area contributed by atoms with Crippen LogP contribution in [0.2, 0.25) is 0 Å². The SMILES string of the molecule is CC1CCc2c(sc3nc(SCC(=O)Nc4ccc(S(N)(=O)=O)cc4)nc(N)c23)C1. The predicted octanol–water partition coefficient (Wildman–Crippen LogP) is 2.78. The molecule has 11 heteroatoms. The van der Waals surface area contributed by atoms with E-state index in [1.54, 1.807) is 11.3 Å². The van der Waals surface area contributed by atoms with Crippen LogP contribution in [0.15, 0.2) is 34.3 Å². The molecule has 158 valence electrons. The minimum absolute atomic E-state index is 0.0138. The molecule has 0 bridgehead atoms. The number of nitrogens with two attached hydrogens (primary N) is 2. The fourth-order valence-electron chi connectivity index (χ4n) is 3.47. The first-order valence-electron chi connectivity index (χ1n) is 9.34. The molecule has 0 fully saturated rings. The number of nitrogen functional groups attached to an aromatic ring is 1. The highest BCUT2D eigenvalue weighted by Gasteiger charge is 2.23. The fourth-order valence-corrected chi connectivity index (χ4v) is 6.08. The van der Waals surface area contributed by atoms with Gasteiger partial charge in [-0.25, -0.2) is 23.5 Å². The summed E-state index contributed by atoms with van der Waals surface area (Å²) in [5.41, 5.74) is 7.98. The van der Waals surface area contributed by atoms with Crippen LogP contribution in [0.25, 0.3) is 10.2 Å². The fraction of sp³-hybridized carbons (Fsp3) is 0.316. The number of nitrogens with zero attached hydrogens (tertiary/aromatic N) is 2. The number of primary sulfonamides is 1. The highest BCUT2D eigenvalue weighted by Crippen LogP contribution is 2.39. The van der Waals surface area contributed by atoms with E-state index in [9.17, 15) is 13.2 Å². The van der Waals surface area contributed by atoms with E-state index >= 15 is 0 Å². The van der Waals surface area contributed by atoms with Gasteiger partial charge in [-0.05, 0) is 55.0 Å². The molecule has 5 N–H and O–H groups in total. The Morgan fingerprint density at radius 1 is 1.30 bits per heavy atom. The van der Waals surface area contributed by atoms with Gasteiger partial charge in [0, 0.05) is 10.6 Å². The van der Waals surface area contributed by atoms with Crippen molar-refractivity contribution >= 4 is 60.8 Å². The monoisotopic (exact) mass is 463 g/mol. The van der Waals surface area contributed by atoms with Gasteiger partial charge in [-0.15, -0.1) is 11.3 Å². The maximum absolute atomic E-state index is 12.3. The summed E-state index contributed by atoms with van der Waals surface area (Å²) in [6.45, 7) is 2.25. The number of hydrogen-bond acceptors (Lipinski definition) is 8. The molecule has 1 atom stereocenters. The summed E-state index contributed by atoms with van der Waals surface area (Å²) in [4.78, 5) is 23.5. The van der Waals surface area contributed by atoms with Gasteiger partial charge in [0.05, 0.1) is 16.0 Å². The van der Waals surface area contributed by atoms with Gasteiger partial charge >= 0.3 is 0 Å². The molecule has 3 aromatic rings. The van der Waals surface area contributed by atoms with E-state index in [1.807, 2.05) is 0 Å². The lowest BCUT2D eigenvalue weighted by molar-refractivity contribution is -0.113. The van der Waals surface area contributed by atoms with Crippen molar-refractivity contribution in [3.63, 3.8) is 0 Å². The summed E-state index contributed by atoms with van der Waals surface area (Å²) in [5.74, 6) is 0.971. The molecule has 2 aromatic heterocycles. The molecule has 8 nitrogen and oxygen atoms in total. The number of aryl methyl sites for hydroxylation is 1. The zero-order chi connectivity index (χ0) is 21.5. The molecule has 4 rings (SSSR count). The molecule has 1 aliphatic carbocycles. The summed E-state index contributed by atoms with van der Waals surface area (Å²) in [6, 6.07) is 5.66. The summed E-state index contributed by atoms with van der Waals surface area (Å²) in [5, 5.41) is 9.20. The van der Waals surface area contributed by atoms with Crippen LogP contribution >= 0.6 is 23.1 Å². The van der Waals surface area contributed by atoms with E-state index in [0.29, 0.717) is 22.6 Å². The number of rotatable bonds is 5. The summed E-state index contributed by atoms with van der Waals surface area (Å²) >= 11 is 2.87. The Hall–Kier alpha value is -2.21. The quantitative estimate of drug-likeness (QED) is 0.390. The second-order valence-corrected chi connectivity index (χ2v) is 10.9. The molecule has 2 heterocycles. The Labute approximate surface area is 182 Å². The molecule has 0 spiro atoms. The zero-order valence-electron chi connectivity index (χ0n) is 16.2. The molecule has 1 aliphatic rings. The standard InChI is InChI=1S/C19H21N5O3S3/c1-10-2-7-13-14(8-10)29-18-16(13)17(20)23-19(24-18)28-9-15(25)22-11-3-5-12(6-4-11)30(21,26)27/h3-6,10H,2,7-9H2,1H3,(H,22,25)(H2,20,23,24)(H2,21,26,27). The number of benzene rings is 1. The van der Waals surface area contributed by atoms with Gasteiger partial charge in [0.2, 0.25) is 15.9 Å². The second kappa shape index (κ2) is 8.14. The van der Waals surface area contributed by atoms with Gasteiger partial charge in [0.15, 0.2) is 5.16 Å². The molecular weight excluding hydrogens is 442 g/mol. The minimum atomic E-state index is -3.77. The second-order valence-electron chi connectivity index (χ2n) is 7.33. The van der Waals surface area contributed by atoms with Gasteiger partial charge in [-0.1, -0.05) is 18.7 Å². The third-order valence-corrected chi connectivity index (χ3v) is 7.89.